The Labute approximate surface area is 215 Å². The molecule has 0 atom stereocenters. The van der Waals surface area contributed by atoms with Crippen molar-refractivity contribution >= 4 is 23.1 Å². The van der Waals surface area contributed by atoms with E-state index >= 15 is 0 Å². The number of aryl methyl sites for hydroxylation is 2. The number of fused-ring (bicyclic) bond motifs is 4. The monoisotopic (exact) mass is 506 g/mol. The van der Waals surface area contributed by atoms with Crippen LogP contribution in [0.3, 0.4) is 0 Å². The lowest BCUT2D eigenvalue weighted by atomic mass is 9.78. The number of carbonyl (C=O) groups excluding carboxylic acids is 4. The summed E-state index contributed by atoms with van der Waals surface area (Å²) in [6.45, 7) is 3.30. The maximum absolute atomic E-state index is 13.4. The normalized spacial score (nSPS) is 13.6. The summed E-state index contributed by atoms with van der Waals surface area (Å²) in [5, 5.41) is 41.8. The molecule has 4 aromatic carbocycles. The van der Waals surface area contributed by atoms with E-state index in [0.717, 1.165) is 12.1 Å². The van der Waals surface area contributed by atoms with Crippen LogP contribution in [0.15, 0.2) is 48.5 Å². The van der Waals surface area contributed by atoms with Crippen LogP contribution in [0.1, 0.15) is 74.8 Å². The van der Waals surface area contributed by atoms with Crippen molar-refractivity contribution in [3.8, 4) is 34.1 Å². The van der Waals surface area contributed by atoms with E-state index in [1.807, 2.05) is 0 Å². The summed E-state index contributed by atoms with van der Waals surface area (Å²) in [5.41, 5.74) is 0.705. The van der Waals surface area contributed by atoms with E-state index in [1.165, 1.54) is 36.4 Å². The van der Waals surface area contributed by atoms with Crippen molar-refractivity contribution < 1.29 is 39.6 Å². The van der Waals surface area contributed by atoms with Gasteiger partial charge in [-0.1, -0.05) is 12.1 Å². The predicted octanol–water partition coefficient (Wildman–Crippen LogP) is 4.34. The topological polar surface area (TPSA) is 149 Å². The first-order valence-electron chi connectivity index (χ1n) is 11.6. The van der Waals surface area contributed by atoms with Crippen LogP contribution in [0.25, 0.3) is 11.1 Å². The SMILES string of the molecule is Cc1cc2c(cc1-c1c(C)cc3c(c1O)C(=O)c1c(O)cccc1C3=O)C(=O)c1c(O)cc(O)cc1C2=O. The van der Waals surface area contributed by atoms with Crippen LogP contribution in [0, 0.1) is 13.8 Å². The Morgan fingerprint density at radius 1 is 0.474 bits per heavy atom. The number of aromatic hydroxyl groups is 4. The van der Waals surface area contributed by atoms with Gasteiger partial charge in [0.1, 0.15) is 23.0 Å². The average molecular weight is 506 g/mol. The maximum atomic E-state index is 13.4. The molecule has 8 nitrogen and oxygen atoms in total. The van der Waals surface area contributed by atoms with Crippen molar-refractivity contribution in [2.75, 3.05) is 0 Å². The average Bonchev–Trinajstić information content (AvgIpc) is 2.85. The van der Waals surface area contributed by atoms with Crippen molar-refractivity contribution in [2.24, 2.45) is 0 Å². The molecule has 38 heavy (non-hydrogen) atoms. The van der Waals surface area contributed by atoms with E-state index in [9.17, 15) is 39.6 Å². The highest BCUT2D eigenvalue weighted by Gasteiger charge is 2.37. The number of hydrogen-bond donors (Lipinski definition) is 4. The number of hydrogen-bond acceptors (Lipinski definition) is 8. The Hall–Kier alpha value is -5.24. The Kier molecular flexibility index (Phi) is 4.65. The van der Waals surface area contributed by atoms with Gasteiger partial charge in [-0.2, -0.15) is 0 Å². The van der Waals surface area contributed by atoms with Crippen molar-refractivity contribution in [3.05, 3.63) is 104 Å². The summed E-state index contributed by atoms with van der Waals surface area (Å²) in [6, 6.07) is 10.6. The van der Waals surface area contributed by atoms with Crippen LogP contribution in [-0.4, -0.2) is 43.6 Å². The summed E-state index contributed by atoms with van der Waals surface area (Å²) < 4.78 is 0. The standard InChI is InChI=1S/C30H18O8/c1-11-6-16-17(28(36)24-19(27(16)35)8-13(31)9-21(24)33)10-15(11)22-12(2)7-18-25(29(22)37)30(38)23-14(26(18)34)4-3-5-20(23)32/h3-10,31-33,37H,1-2H3. The van der Waals surface area contributed by atoms with Gasteiger partial charge in [-0.15, -0.1) is 0 Å². The molecule has 0 bridgehead atoms. The predicted molar refractivity (Wildman–Crippen MR) is 135 cm³/mol. The fraction of sp³-hybridized carbons (Fsp3) is 0.0667. The molecule has 4 aromatic rings. The molecular weight excluding hydrogens is 488 g/mol. The van der Waals surface area contributed by atoms with E-state index in [-0.39, 0.29) is 61.6 Å². The minimum atomic E-state index is -0.716. The second kappa shape index (κ2) is 7.63. The van der Waals surface area contributed by atoms with E-state index in [0.29, 0.717) is 16.7 Å². The van der Waals surface area contributed by atoms with Gasteiger partial charge in [0.05, 0.1) is 16.7 Å². The number of benzene rings is 4. The van der Waals surface area contributed by atoms with Crippen LogP contribution in [0.4, 0.5) is 0 Å². The van der Waals surface area contributed by atoms with Crippen LogP contribution >= 0.6 is 0 Å². The molecule has 0 fully saturated rings. The first-order valence-corrected chi connectivity index (χ1v) is 11.6. The molecule has 2 aliphatic carbocycles. The molecule has 0 aliphatic heterocycles. The summed E-state index contributed by atoms with van der Waals surface area (Å²) in [4.78, 5) is 53.1. The molecule has 0 spiro atoms. The highest BCUT2D eigenvalue weighted by atomic mass is 16.3. The molecule has 0 unspecified atom stereocenters. The van der Waals surface area contributed by atoms with Gasteiger partial charge >= 0.3 is 0 Å². The number of phenolic OH excluding ortho intramolecular Hbond substituents is 4. The second-order valence-electron chi connectivity index (χ2n) is 9.46. The summed E-state index contributed by atoms with van der Waals surface area (Å²) in [5.74, 6) is -4.21. The van der Waals surface area contributed by atoms with Gasteiger partial charge in [0.15, 0.2) is 17.3 Å². The first-order chi connectivity index (χ1) is 18.0. The Morgan fingerprint density at radius 2 is 1.08 bits per heavy atom. The lowest BCUT2D eigenvalue weighted by Crippen LogP contribution is -2.22. The van der Waals surface area contributed by atoms with E-state index in [1.54, 1.807) is 13.8 Å². The molecule has 8 heteroatoms. The second-order valence-corrected chi connectivity index (χ2v) is 9.46. The van der Waals surface area contributed by atoms with Crippen molar-refractivity contribution in [1.82, 2.24) is 0 Å². The van der Waals surface area contributed by atoms with E-state index < -0.39 is 34.6 Å². The fourth-order valence-corrected chi connectivity index (χ4v) is 5.45. The highest BCUT2D eigenvalue weighted by molar-refractivity contribution is 6.31. The summed E-state index contributed by atoms with van der Waals surface area (Å²) in [6.07, 6.45) is 0. The number of phenols is 4. The fourth-order valence-electron chi connectivity index (χ4n) is 5.45. The van der Waals surface area contributed by atoms with Gasteiger partial charge in [-0.25, -0.2) is 0 Å². The zero-order chi connectivity index (χ0) is 27.2. The zero-order valence-corrected chi connectivity index (χ0v) is 20.0. The molecule has 0 saturated heterocycles. The van der Waals surface area contributed by atoms with Crippen molar-refractivity contribution in [1.29, 1.82) is 0 Å². The molecule has 4 N–H and O–H groups in total. The molecule has 2 aliphatic rings. The molecule has 186 valence electrons. The van der Waals surface area contributed by atoms with Crippen molar-refractivity contribution in [3.63, 3.8) is 0 Å². The van der Waals surface area contributed by atoms with Gasteiger partial charge in [-0.05, 0) is 60.9 Å². The third-order valence-corrected chi connectivity index (χ3v) is 7.18. The largest absolute Gasteiger partial charge is 0.508 e. The molecular formula is C30H18O8. The molecule has 0 heterocycles. The lowest BCUT2D eigenvalue weighted by Gasteiger charge is -2.24. The Balaban J connectivity index is 1.59. The van der Waals surface area contributed by atoms with Crippen LogP contribution in [0.2, 0.25) is 0 Å². The minimum absolute atomic E-state index is 0.00706. The minimum Gasteiger partial charge on any atom is -0.508 e. The quantitative estimate of drug-likeness (QED) is 0.257. The maximum Gasteiger partial charge on any atom is 0.201 e. The van der Waals surface area contributed by atoms with Gasteiger partial charge in [0, 0.05) is 39.4 Å². The van der Waals surface area contributed by atoms with Gasteiger partial charge in [-0.3, -0.25) is 19.2 Å². The molecule has 0 aromatic heterocycles. The number of rotatable bonds is 1. The molecule has 0 radical (unpaired) electrons. The van der Waals surface area contributed by atoms with Crippen molar-refractivity contribution in [2.45, 2.75) is 13.8 Å². The zero-order valence-electron chi connectivity index (χ0n) is 20.0. The molecule has 0 saturated carbocycles. The summed E-state index contributed by atoms with van der Waals surface area (Å²) in [7, 11) is 0. The number of carbonyl (C=O) groups is 4. The van der Waals surface area contributed by atoms with Gasteiger partial charge in [0.2, 0.25) is 5.78 Å². The lowest BCUT2D eigenvalue weighted by molar-refractivity contribution is 0.0974. The third kappa shape index (κ3) is 2.91. The highest BCUT2D eigenvalue weighted by Crippen LogP contribution is 2.45. The van der Waals surface area contributed by atoms with Crippen LogP contribution in [-0.2, 0) is 0 Å². The third-order valence-electron chi connectivity index (χ3n) is 7.18. The smallest absolute Gasteiger partial charge is 0.201 e. The van der Waals surface area contributed by atoms with Crippen LogP contribution < -0.4 is 0 Å². The van der Waals surface area contributed by atoms with Gasteiger partial charge < -0.3 is 20.4 Å². The van der Waals surface area contributed by atoms with Gasteiger partial charge in [0.25, 0.3) is 0 Å². The molecule has 0 amide bonds. The number of ketones is 4. The summed E-state index contributed by atoms with van der Waals surface area (Å²) >= 11 is 0. The van der Waals surface area contributed by atoms with Crippen LogP contribution in [0.5, 0.6) is 23.0 Å². The molecule has 6 rings (SSSR count). The first kappa shape index (κ1) is 23.2. The van der Waals surface area contributed by atoms with E-state index in [2.05, 4.69) is 0 Å². The van der Waals surface area contributed by atoms with E-state index in [4.69, 9.17) is 0 Å². The Morgan fingerprint density at radius 3 is 1.82 bits per heavy atom. The Bertz CT molecular complexity index is 1840.